The van der Waals surface area contributed by atoms with E-state index in [9.17, 15) is 0 Å². The van der Waals surface area contributed by atoms with Crippen molar-refractivity contribution in [1.82, 2.24) is 4.98 Å². The Bertz CT molecular complexity index is 323. The topological polar surface area (TPSA) is 42.2 Å². The maximum atomic E-state index is 5.58. The second-order valence-electron chi connectivity index (χ2n) is 4.50. The van der Waals surface area contributed by atoms with Crippen LogP contribution >= 0.6 is 11.3 Å². The van der Waals surface area contributed by atoms with Gasteiger partial charge < -0.3 is 10.6 Å². The fourth-order valence-corrected chi connectivity index (χ4v) is 3.18. The lowest BCUT2D eigenvalue weighted by molar-refractivity contribution is 0.377. The number of nitrogens with two attached hydrogens (primary N) is 1. The van der Waals surface area contributed by atoms with Crippen molar-refractivity contribution in [2.75, 3.05) is 11.4 Å². The zero-order chi connectivity index (χ0) is 10.8. The van der Waals surface area contributed by atoms with Crippen LogP contribution in [0.4, 0.5) is 5.13 Å². The smallest absolute Gasteiger partial charge is 0.185 e. The zero-order valence-corrected chi connectivity index (χ0v) is 10.3. The first-order chi connectivity index (χ1) is 7.20. The first-order valence-electron chi connectivity index (χ1n) is 5.61. The minimum absolute atomic E-state index is 0.551. The molecular weight excluding hydrogens is 206 g/mol. The Morgan fingerprint density at radius 1 is 1.60 bits per heavy atom. The molecule has 15 heavy (non-hydrogen) atoms. The van der Waals surface area contributed by atoms with Crippen molar-refractivity contribution >= 4 is 16.5 Å². The summed E-state index contributed by atoms with van der Waals surface area (Å²) in [7, 11) is 0. The van der Waals surface area contributed by atoms with Crippen LogP contribution in [0.5, 0.6) is 0 Å². The standard InChI is InChI=1S/C11H19N3S/c1-8-3-4-14(9(2)5-8)11-13-10(6-12)7-15-11/h7-9H,3-6,12H2,1-2H3. The molecule has 0 aromatic carbocycles. The average molecular weight is 225 g/mol. The fourth-order valence-electron chi connectivity index (χ4n) is 2.21. The van der Waals surface area contributed by atoms with E-state index >= 15 is 0 Å². The normalized spacial score (nSPS) is 27.0. The summed E-state index contributed by atoms with van der Waals surface area (Å²) in [5, 5.41) is 3.22. The summed E-state index contributed by atoms with van der Waals surface area (Å²) in [4.78, 5) is 6.97. The van der Waals surface area contributed by atoms with Crippen LogP contribution in [0.2, 0.25) is 0 Å². The summed E-state index contributed by atoms with van der Waals surface area (Å²) >= 11 is 1.72. The molecule has 2 heterocycles. The highest BCUT2D eigenvalue weighted by molar-refractivity contribution is 7.13. The lowest BCUT2D eigenvalue weighted by atomic mass is 9.94. The van der Waals surface area contributed by atoms with E-state index in [0.717, 1.165) is 23.3 Å². The first kappa shape index (κ1) is 10.9. The Labute approximate surface area is 95.3 Å². The van der Waals surface area contributed by atoms with Crippen LogP contribution in [0.25, 0.3) is 0 Å². The molecule has 1 aromatic rings. The monoisotopic (exact) mass is 225 g/mol. The van der Waals surface area contributed by atoms with Crippen LogP contribution in [0.15, 0.2) is 5.38 Å². The number of anilines is 1. The van der Waals surface area contributed by atoms with E-state index in [1.807, 2.05) is 0 Å². The zero-order valence-electron chi connectivity index (χ0n) is 9.44. The van der Waals surface area contributed by atoms with Crippen LogP contribution in [0.1, 0.15) is 32.4 Å². The molecular formula is C11H19N3S. The van der Waals surface area contributed by atoms with Gasteiger partial charge in [-0.15, -0.1) is 11.3 Å². The predicted molar refractivity (Wildman–Crippen MR) is 65.2 cm³/mol. The van der Waals surface area contributed by atoms with Gasteiger partial charge >= 0.3 is 0 Å². The molecule has 2 unspecified atom stereocenters. The second kappa shape index (κ2) is 4.49. The van der Waals surface area contributed by atoms with Crippen LogP contribution < -0.4 is 10.6 Å². The molecule has 84 valence electrons. The van der Waals surface area contributed by atoms with Gasteiger partial charge in [0.2, 0.25) is 0 Å². The number of hydrogen-bond acceptors (Lipinski definition) is 4. The van der Waals surface area contributed by atoms with E-state index in [-0.39, 0.29) is 0 Å². The maximum absolute atomic E-state index is 5.58. The van der Waals surface area contributed by atoms with E-state index in [1.165, 1.54) is 12.8 Å². The van der Waals surface area contributed by atoms with Gasteiger partial charge in [0.05, 0.1) is 5.69 Å². The Morgan fingerprint density at radius 3 is 3.00 bits per heavy atom. The number of aromatic nitrogens is 1. The molecule has 0 amide bonds. The highest BCUT2D eigenvalue weighted by atomic mass is 32.1. The van der Waals surface area contributed by atoms with E-state index in [1.54, 1.807) is 11.3 Å². The van der Waals surface area contributed by atoms with Gasteiger partial charge in [0, 0.05) is 24.5 Å². The Kier molecular flexibility index (Phi) is 3.26. The summed E-state index contributed by atoms with van der Waals surface area (Å²) in [6.07, 6.45) is 2.55. The van der Waals surface area contributed by atoms with Crippen molar-refractivity contribution in [3.05, 3.63) is 11.1 Å². The Hall–Kier alpha value is -0.610. The number of piperidine rings is 1. The molecule has 0 spiro atoms. The predicted octanol–water partition coefficient (Wildman–Crippen LogP) is 2.23. The molecule has 3 nitrogen and oxygen atoms in total. The third kappa shape index (κ3) is 2.32. The first-order valence-corrected chi connectivity index (χ1v) is 6.49. The van der Waals surface area contributed by atoms with Gasteiger partial charge in [0.15, 0.2) is 5.13 Å². The molecule has 0 bridgehead atoms. The lowest BCUT2D eigenvalue weighted by Crippen LogP contribution is -2.40. The Morgan fingerprint density at radius 2 is 2.40 bits per heavy atom. The van der Waals surface area contributed by atoms with Gasteiger partial charge in [-0.2, -0.15) is 0 Å². The van der Waals surface area contributed by atoms with Crippen molar-refractivity contribution < 1.29 is 0 Å². The quantitative estimate of drug-likeness (QED) is 0.839. The fraction of sp³-hybridized carbons (Fsp3) is 0.727. The van der Waals surface area contributed by atoms with Crippen LogP contribution in [0, 0.1) is 5.92 Å². The molecule has 1 saturated heterocycles. The van der Waals surface area contributed by atoms with Gasteiger partial charge in [0.25, 0.3) is 0 Å². The molecule has 1 fully saturated rings. The van der Waals surface area contributed by atoms with Crippen LogP contribution in [-0.4, -0.2) is 17.6 Å². The van der Waals surface area contributed by atoms with Gasteiger partial charge in [-0.25, -0.2) is 4.98 Å². The van der Waals surface area contributed by atoms with Crippen molar-refractivity contribution in [3.63, 3.8) is 0 Å². The van der Waals surface area contributed by atoms with Crippen molar-refractivity contribution in [1.29, 1.82) is 0 Å². The van der Waals surface area contributed by atoms with Gasteiger partial charge in [-0.1, -0.05) is 6.92 Å². The summed E-state index contributed by atoms with van der Waals surface area (Å²) < 4.78 is 0. The molecule has 2 N–H and O–H groups in total. The highest BCUT2D eigenvalue weighted by Gasteiger charge is 2.24. The number of thiazole rings is 1. The van der Waals surface area contributed by atoms with E-state index in [0.29, 0.717) is 12.6 Å². The summed E-state index contributed by atoms with van der Waals surface area (Å²) in [5.74, 6) is 0.852. The molecule has 1 aromatic heterocycles. The summed E-state index contributed by atoms with van der Waals surface area (Å²) in [5.41, 5.74) is 6.59. The molecule has 0 saturated carbocycles. The number of nitrogens with zero attached hydrogens (tertiary/aromatic N) is 2. The largest absolute Gasteiger partial charge is 0.345 e. The van der Waals surface area contributed by atoms with Crippen LogP contribution in [-0.2, 0) is 6.54 Å². The molecule has 2 rings (SSSR count). The van der Waals surface area contributed by atoms with Crippen molar-refractivity contribution in [2.24, 2.45) is 11.7 Å². The maximum Gasteiger partial charge on any atom is 0.185 e. The number of rotatable bonds is 2. The lowest BCUT2D eigenvalue weighted by Gasteiger charge is -2.36. The number of hydrogen-bond donors (Lipinski definition) is 1. The van der Waals surface area contributed by atoms with Gasteiger partial charge in [-0.3, -0.25) is 0 Å². The van der Waals surface area contributed by atoms with E-state index in [2.05, 4.69) is 29.1 Å². The third-order valence-corrected chi connectivity index (χ3v) is 4.06. The third-order valence-electron chi connectivity index (χ3n) is 3.13. The van der Waals surface area contributed by atoms with Gasteiger partial charge in [0.1, 0.15) is 0 Å². The van der Waals surface area contributed by atoms with Crippen molar-refractivity contribution in [2.45, 2.75) is 39.3 Å². The van der Waals surface area contributed by atoms with Crippen molar-refractivity contribution in [3.8, 4) is 0 Å². The minimum Gasteiger partial charge on any atom is -0.345 e. The summed E-state index contributed by atoms with van der Waals surface area (Å²) in [6, 6.07) is 0.616. The molecule has 0 aliphatic carbocycles. The SMILES string of the molecule is CC1CCN(c2nc(CN)cs2)C(C)C1. The average Bonchev–Trinajstić information content (AvgIpc) is 2.66. The molecule has 4 heteroatoms. The molecule has 2 atom stereocenters. The van der Waals surface area contributed by atoms with Gasteiger partial charge in [-0.05, 0) is 25.7 Å². The Balaban J connectivity index is 2.09. The molecule has 0 radical (unpaired) electrons. The second-order valence-corrected chi connectivity index (χ2v) is 5.33. The van der Waals surface area contributed by atoms with Crippen LogP contribution in [0.3, 0.4) is 0 Å². The highest BCUT2D eigenvalue weighted by Crippen LogP contribution is 2.29. The van der Waals surface area contributed by atoms with E-state index in [4.69, 9.17) is 5.73 Å². The van der Waals surface area contributed by atoms with E-state index < -0.39 is 0 Å². The molecule has 1 aliphatic rings. The minimum atomic E-state index is 0.551. The molecule has 1 aliphatic heterocycles. The summed E-state index contributed by atoms with van der Waals surface area (Å²) in [6.45, 7) is 6.31.